The van der Waals surface area contributed by atoms with Crippen molar-refractivity contribution in [2.75, 3.05) is 18.9 Å². The van der Waals surface area contributed by atoms with E-state index < -0.39 is 0 Å². The highest BCUT2D eigenvalue weighted by molar-refractivity contribution is 5.95. The van der Waals surface area contributed by atoms with E-state index in [0.29, 0.717) is 12.0 Å². The Bertz CT molecular complexity index is 467. The molecule has 1 aliphatic rings. The van der Waals surface area contributed by atoms with Crippen LogP contribution in [0.25, 0.3) is 0 Å². The number of nitrogens with one attached hydrogen (secondary N) is 1. The highest BCUT2D eigenvalue weighted by Gasteiger charge is 2.27. The predicted molar refractivity (Wildman–Crippen MR) is 86.5 cm³/mol. The number of rotatable bonds is 6. The molecule has 1 N–H and O–H groups in total. The molecule has 1 fully saturated rings. The molecule has 21 heavy (non-hydrogen) atoms. The Balaban J connectivity index is 2.15. The molecule has 0 saturated heterocycles. The van der Waals surface area contributed by atoms with Gasteiger partial charge in [-0.2, -0.15) is 0 Å². The summed E-state index contributed by atoms with van der Waals surface area (Å²) in [5.74, 6) is 1.52. The summed E-state index contributed by atoms with van der Waals surface area (Å²) in [6, 6.07) is 4.09. The molecule has 0 radical (unpaired) electrons. The standard InChI is InChI=1S/C17H27N3O/c1-13(2)9-11-20(15-6-4-5-7-15)17(21)14-8-10-19-16(12-14)18-3/h8,10,12-13,15H,4-7,9,11H2,1-3H3,(H,18,19). The second-order valence-electron chi connectivity index (χ2n) is 6.30. The Kier molecular flexibility index (Phi) is 5.59. The third kappa shape index (κ3) is 4.19. The largest absolute Gasteiger partial charge is 0.373 e. The zero-order valence-corrected chi connectivity index (χ0v) is 13.4. The summed E-state index contributed by atoms with van der Waals surface area (Å²) >= 11 is 0. The van der Waals surface area contributed by atoms with Crippen LogP contribution >= 0.6 is 0 Å². The van der Waals surface area contributed by atoms with Crippen LogP contribution < -0.4 is 5.32 Å². The molecule has 1 amide bonds. The monoisotopic (exact) mass is 289 g/mol. The second kappa shape index (κ2) is 7.43. The molecule has 1 saturated carbocycles. The second-order valence-corrected chi connectivity index (χ2v) is 6.30. The number of nitrogens with zero attached hydrogens (tertiary/aromatic N) is 2. The molecule has 1 aromatic heterocycles. The van der Waals surface area contributed by atoms with Crippen LogP contribution in [0.1, 0.15) is 56.3 Å². The average molecular weight is 289 g/mol. The van der Waals surface area contributed by atoms with Crippen molar-refractivity contribution < 1.29 is 4.79 Å². The smallest absolute Gasteiger partial charge is 0.254 e. The van der Waals surface area contributed by atoms with Gasteiger partial charge in [-0.1, -0.05) is 26.7 Å². The lowest BCUT2D eigenvalue weighted by Gasteiger charge is -2.30. The molecule has 4 heteroatoms. The Morgan fingerprint density at radius 2 is 2.14 bits per heavy atom. The number of aromatic nitrogens is 1. The Labute approximate surface area is 127 Å². The van der Waals surface area contributed by atoms with Crippen molar-refractivity contribution in [2.24, 2.45) is 5.92 Å². The van der Waals surface area contributed by atoms with Crippen molar-refractivity contribution >= 4 is 11.7 Å². The molecule has 0 unspecified atom stereocenters. The maximum absolute atomic E-state index is 12.9. The van der Waals surface area contributed by atoms with Crippen molar-refractivity contribution in [3.63, 3.8) is 0 Å². The van der Waals surface area contributed by atoms with Crippen LogP contribution in [0.5, 0.6) is 0 Å². The fourth-order valence-corrected chi connectivity index (χ4v) is 2.93. The average Bonchev–Trinajstić information content (AvgIpc) is 3.01. The molecule has 1 aliphatic carbocycles. The van der Waals surface area contributed by atoms with Crippen LogP contribution in [0, 0.1) is 5.92 Å². The van der Waals surface area contributed by atoms with E-state index in [-0.39, 0.29) is 5.91 Å². The first-order valence-electron chi connectivity index (χ1n) is 8.06. The van der Waals surface area contributed by atoms with Crippen molar-refractivity contribution in [1.29, 1.82) is 0 Å². The van der Waals surface area contributed by atoms with Gasteiger partial charge in [0.2, 0.25) is 0 Å². The van der Waals surface area contributed by atoms with Crippen molar-refractivity contribution in [2.45, 2.75) is 52.0 Å². The summed E-state index contributed by atoms with van der Waals surface area (Å²) in [6.45, 7) is 5.28. The number of hydrogen-bond donors (Lipinski definition) is 1. The predicted octanol–water partition coefficient (Wildman–Crippen LogP) is 3.55. The molecule has 0 atom stereocenters. The van der Waals surface area contributed by atoms with Crippen molar-refractivity contribution in [1.82, 2.24) is 9.88 Å². The van der Waals surface area contributed by atoms with Gasteiger partial charge in [0, 0.05) is 31.4 Å². The van der Waals surface area contributed by atoms with E-state index in [2.05, 4.69) is 29.0 Å². The van der Waals surface area contributed by atoms with Crippen LogP contribution in [0.2, 0.25) is 0 Å². The lowest BCUT2D eigenvalue weighted by Crippen LogP contribution is -2.40. The highest BCUT2D eigenvalue weighted by Crippen LogP contribution is 2.26. The minimum Gasteiger partial charge on any atom is -0.373 e. The normalized spacial score (nSPS) is 15.4. The third-order valence-electron chi connectivity index (χ3n) is 4.24. The van der Waals surface area contributed by atoms with E-state index in [1.54, 1.807) is 6.20 Å². The van der Waals surface area contributed by atoms with Gasteiger partial charge in [0.25, 0.3) is 5.91 Å². The number of hydrogen-bond acceptors (Lipinski definition) is 3. The van der Waals surface area contributed by atoms with Gasteiger partial charge in [-0.3, -0.25) is 4.79 Å². The summed E-state index contributed by atoms with van der Waals surface area (Å²) < 4.78 is 0. The van der Waals surface area contributed by atoms with Crippen molar-refractivity contribution in [3.05, 3.63) is 23.9 Å². The van der Waals surface area contributed by atoms with Crippen LogP contribution in [0.4, 0.5) is 5.82 Å². The molecular weight excluding hydrogens is 262 g/mol. The Morgan fingerprint density at radius 3 is 2.76 bits per heavy atom. The number of amides is 1. The van der Waals surface area contributed by atoms with Gasteiger partial charge in [0.15, 0.2) is 0 Å². The van der Waals surface area contributed by atoms with Gasteiger partial charge in [-0.15, -0.1) is 0 Å². The quantitative estimate of drug-likeness (QED) is 0.871. The van der Waals surface area contributed by atoms with Crippen LogP contribution in [-0.4, -0.2) is 35.4 Å². The number of carbonyl (C=O) groups excluding carboxylic acids is 1. The summed E-state index contributed by atoms with van der Waals surface area (Å²) in [7, 11) is 1.82. The summed E-state index contributed by atoms with van der Waals surface area (Å²) in [5, 5.41) is 3.00. The van der Waals surface area contributed by atoms with Crippen LogP contribution in [0.3, 0.4) is 0 Å². The molecule has 0 spiro atoms. The molecule has 0 aliphatic heterocycles. The zero-order chi connectivity index (χ0) is 15.2. The van der Waals surface area contributed by atoms with Crippen LogP contribution in [0.15, 0.2) is 18.3 Å². The van der Waals surface area contributed by atoms with Gasteiger partial charge in [0.1, 0.15) is 5.82 Å². The molecule has 0 aromatic carbocycles. The van der Waals surface area contributed by atoms with Crippen LogP contribution in [-0.2, 0) is 0 Å². The first-order valence-corrected chi connectivity index (χ1v) is 8.06. The Morgan fingerprint density at radius 1 is 1.43 bits per heavy atom. The molecule has 2 rings (SSSR count). The van der Waals surface area contributed by atoms with Gasteiger partial charge in [-0.05, 0) is 37.3 Å². The SMILES string of the molecule is CNc1cc(C(=O)N(CCC(C)C)C2CCCC2)ccn1. The maximum atomic E-state index is 12.9. The molecule has 116 valence electrons. The van der Waals surface area contributed by atoms with Crippen molar-refractivity contribution in [3.8, 4) is 0 Å². The lowest BCUT2D eigenvalue weighted by molar-refractivity contribution is 0.0672. The van der Waals surface area contributed by atoms with Gasteiger partial charge >= 0.3 is 0 Å². The minimum absolute atomic E-state index is 0.154. The molecule has 4 nitrogen and oxygen atoms in total. The van der Waals surface area contributed by atoms with Gasteiger partial charge in [0.05, 0.1) is 0 Å². The summed E-state index contributed by atoms with van der Waals surface area (Å²) in [6.07, 6.45) is 7.55. The third-order valence-corrected chi connectivity index (χ3v) is 4.24. The van der Waals surface area contributed by atoms with E-state index in [9.17, 15) is 4.79 Å². The van der Waals surface area contributed by atoms with Gasteiger partial charge < -0.3 is 10.2 Å². The molecule has 0 bridgehead atoms. The van der Waals surface area contributed by atoms with E-state index in [1.807, 2.05) is 19.2 Å². The summed E-state index contributed by atoms with van der Waals surface area (Å²) in [5.41, 5.74) is 0.741. The highest BCUT2D eigenvalue weighted by atomic mass is 16.2. The minimum atomic E-state index is 0.154. The van der Waals surface area contributed by atoms with E-state index in [1.165, 1.54) is 12.8 Å². The van der Waals surface area contributed by atoms with E-state index in [4.69, 9.17) is 0 Å². The first-order chi connectivity index (χ1) is 10.1. The lowest BCUT2D eigenvalue weighted by atomic mass is 10.1. The van der Waals surface area contributed by atoms with E-state index in [0.717, 1.165) is 37.2 Å². The topological polar surface area (TPSA) is 45.2 Å². The molecule has 1 aromatic rings. The number of anilines is 1. The fourth-order valence-electron chi connectivity index (χ4n) is 2.93. The molecular formula is C17H27N3O. The molecule has 1 heterocycles. The first kappa shape index (κ1) is 15.8. The number of carbonyl (C=O) groups is 1. The number of pyridine rings is 1. The van der Waals surface area contributed by atoms with E-state index >= 15 is 0 Å². The zero-order valence-electron chi connectivity index (χ0n) is 13.4. The van der Waals surface area contributed by atoms with Gasteiger partial charge in [-0.25, -0.2) is 4.98 Å². The summed E-state index contributed by atoms with van der Waals surface area (Å²) in [4.78, 5) is 19.2. The fraction of sp³-hybridized carbons (Fsp3) is 0.647. The Hall–Kier alpha value is -1.58. The maximum Gasteiger partial charge on any atom is 0.254 e.